The summed E-state index contributed by atoms with van der Waals surface area (Å²) in [5, 5.41) is 3.82. The van der Waals surface area contributed by atoms with Gasteiger partial charge in [0.25, 0.3) is 0 Å². The molecule has 1 saturated carbocycles. The number of halogens is 1. The molecular formula is C15H20ClNO. The van der Waals surface area contributed by atoms with Crippen molar-refractivity contribution in [1.82, 2.24) is 5.32 Å². The van der Waals surface area contributed by atoms with Gasteiger partial charge in [0.1, 0.15) is 0 Å². The van der Waals surface area contributed by atoms with Gasteiger partial charge in [-0.15, -0.1) is 0 Å². The maximum atomic E-state index is 11.9. The van der Waals surface area contributed by atoms with Crippen molar-refractivity contribution in [2.75, 3.05) is 6.54 Å². The average Bonchev–Trinajstić information content (AvgIpc) is 2.90. The molecule has 1 amide bonds. The second-order valence-corrected chi connectivity index (χ2v) is 5.62. The predicted molar refractivity (Wildman–Crippen MR) is 74.8 cm³/mol. The Morgan fingerprint density at radius 3 is 2.56 bits per heavy atom. The van der Waals surface area contributed by atoms with Crippen LogP contribution in [-0.2, 0) is 4.79 Å². The molecule has 1 fully saturated rings. The van der Waals surface area contributed by atoms with Crippen LogP contribution in [0.5, 0.6) is 0 Å². The van der Waals surface area contributed by atoms with Gasteiger partial charge >= 0.3 is 0 Å². The van der Waals surface area contributed by atoms with Gasteiger partial charge in [0.2, 0.25) is 5.91 Å². The lowest BCUT2D eigenvalue weighted by atomic mass is 10.0. The van der Waals surface area contributed by atoms with Gasteiger partial charge in [-0.25, -0.2) is 0 Å². The fourth-order valence-corrected chi connectivity index (χ4v) is 2.62. The number of hydrogen-bond donors (Lipinski definition) is 1. The van der Waals surface area contributed by atoms with Crippen LogP contribution in [0.2, 0.25) is 5.02 Å². The van der Waals surface area contributed by atoms with E-state index in [9.17, 15) is 4.79 Å². The van der Waals surface area contributed by atoms with Crippen LogP contribution in [0.3, 0.4) is 0 Å². The van der Waals surface area contributed by atoms with E-state index in [1.807, 2.05) is 24.3 Å². The molecule has 0 heterocycles. The Bertz CT molecular complexity index is 395. The fourth-order valence-electron chi connectivity index (χ4n) is 2.50. The topological polar surface area (TPSA) is 29.1 Å². The Labute approximate surface area is 114 Å². The van der Waals surface area contributed by atoms with E-state index in [1.54, 1.807) is 0 Å². The minimum atomic E-state index is 0.230. The highest BCUT2D eigenvalue weighted by Gasteiger charge is 2.22. The van der Waals surface area contributed by atoms with Crippen LogP contribution >= 0.6 is 11.6 Å². The molecule has 1 atom stereocenters. The Morgan fingerprint density at radius 2 is 1.94 bits per heavy atom. The monoisotopic (exact) mass is 265 g/mol. The van der Waals surface area contributed by atoms with Crippen molar-refractivity contribution in [1.29, 1.82) is 0 Å². The summed E-state index contributed by atoms with van der Waals surface area (Å²) in [6, 6.07) is 7.84. The summed E-state index contributed by atoms with van der Waals surface area (Å²) in [5.74, 6) is 0.809. The van der Waals surface area contributed by atoms with Crippen LogP contribution in [0.25, 0.3) is 0 Å². The molecule has 1 N–H and O–H groups in total. The second-order valence-electron chi connectivity index (χ2n) is 5.18. The van der Waals surface area contributed by atoms with Crippen molar-refractivity contribution in [3.8, 4) is 0 Å². The fraction of sp³-hybridized carbons (Fsp3) is 0.533. The molecule has 0 spiro atoms. The van der Waals surface area contributed by atoms with E-state index in [-0.39, 0.29) is 11.8 Å². The first kappa shape index (κ1) is 13.4. The highest BCUT2D eigenvalue weighted by Crippen LogP contribution is 2.25. The van der Waals surface area contributed by atoms with E-state index in [2.05, 4.69) is 12.2 Å². The molecule has 3 heteroatoms. The lowest BCUT2D eigenvalue weighted by Crippen LogP contribution is -2.32. The molecule has 18 heavy (non-hydrogen) atoms. The quantitative estimate of drug-likeness (QED) is 0.883. The number of amides is 1. The van der Waals surface area contributed by atoms with Crippen molar-refractivity contribution >= 4 is 17.5 Å². The van der Waals surface area contributed by atoms with Gasteiger partial charge in [-0.1, -0.05) is 43.5 Å². The Hall–Kier alpha value is -1.02. The first-order chi connectivity index (χ1) is 8.66. The summed E-state index contributed by atoms with van der Waals surface area (Å²) in [5.41, 5.74) is 1.21. The summed E-state index contributed by atoms with van der Waals surface area (Å²) in [6.07, 6.45) is 4.51. The molecule has 0 bridgehead atoms. The van der Waals surface area contributed by atoms with Crippen molar-refractivity contribution in [3.05, 3.63) is 34.9 Å². The largest absolute Gasteiger partial charge is 0.355 e. The number of hydrogen-bond acceptors (Lipinski definition) is 1. The SMILES string of the molecule is CC(CNC(=O)C1CCCC1)c1ccc(Cl)cc1. The zero-order chi connectivity index (χ0) is 13.0. The third-order valence-electron chi connectivity index (χ3n) is 3.75. The van der Waals surface area contributed by atoms with Crippen molar-refractivity contribution in [3.63, 3.8) is 0 Å². The molecule has 1 aromatic rings. The van der Waals surface area contributed by atoms with E-state index in [1.165, 1.54) is 18.4 Å². The summed E-state index contributed by atoms with van der Waals surface area (Å²) in [6.45, 7) is 2.83. The van der Waals surface area contributed by atoms with Crippen LogP contribution in [0.15, 0.2) is 24.3 Å². The zero-order valence-corrected chi connectivity index (χ0v) is 11.5. The highest BCUT2D eigenvalue weighted by molar-refractivity contribution is 6.30. The van der Waals surface area contributed by atoms with Crippen LogP contribution < -0.4 is 5.32 Å². The predicted octanol–water partition coefficient (Wildman–Crippen LogP) is 3.75. The molecule has 0 radical (unpaired) electrons. The standard InChI is InChI=1S/C15H20ClNO/c1-11(12-6-8-14(16)9-7-12)10-17-15(18)13-4-2-3-5-13/h6-9,11,13H,2-5,10H2,1H3,(H,17,18). The van der Waals surface area contributed by atoms with E-state index >= 15 is 0 Å². The zero-order valence-electron chi connectivity index (χ0n) is 10.8. The third-order valence-corrected chi connectivity index (χ3v) is 4.00. The molecule has 1 aromatic carbocycles. The number of nitrogens with one attached hydrogen (secondary N) is 1. The van der Waals surface area contributed by atoms with Crippen LogP contribution in [0, 0.1) is 5.92 Å². The van der Waals surface area contributed by atoms with Gasteiger partial charge in [0, 0.05) is 17.5 Å². The van der Waals surface area contributed by atoms with Crippen LogP contribution in [0.1, 0.15) is 44.1 Å². The molecule has 1 unspecified atom stereocenters. The number of rotatable bonds is 4. The molecule has 2 rings (SSSR count). The van der Waals surface area contributed by atoms with E-state index < -0.39 is 0 Å². The molecule has 2 nitrogen and oxygen atoms in total. The number of carbonyl (C=O) groups excluding carboxylic acids is 1. The van der Waals surface area contributed by atoms with Crippen LogP contribution in [-0.4, -0.2) is 12.5 Å². The van der Waals surface area contributed by atoms with Crippen molar-refractivity contribution < 1.29 is 4.79 Å². The lowest BCUT2D eigenvalue weighted by molar-refractivity contribution is -0.124. The van der Waals surface area contributed by atoms with E-state index in [4.69, 9.17) is 11.6 Å². The highest BCUT2D eigenvalue weighted by atomic mass is 35.5. The second kappa shape index (κ2) is 6.24. The van der Waals surface area contributed by atoms with Crippen LogP contribution in [0.4, 0.5) is 0 Å². The first-order valence-electron chi connectivity index (χ1n) is 6.70. The van der Waals surface area contributed by atoms with Crippen molar-refractivity contribution in [2.24, 2.45) is 5.92 Å². The number of benzene rings is 1. The van der Waals surface area contributed by atoms with Gasteiger partial charge < -0.3 is 5.32 Å². The van der Waals surface area contributed by atoms with E-state index in [0.29, 0.717) is 12.5 Å². The van der Waals surface area contributed by atoms with Gasteiger partial charge in [-0.05, 0) is 36.5 Å². The Morgan fingerprint density at radius 1 is 1.33 bits per heavy atom. The molecule has 98 valence electrons. The maximum absolute atomic E-state index is 11.9. The molecule has 1 aliphatic rings. The van der Waals surface area contributed by atoms with Gasteiger partial charge in [-0.2, -0.15) is 0 Å². The lowest BCUT2D eigenvalue weighted by Gasteiger charge is -2.15. The number of carbonyl (C=O) groups is 1. The summed E-state index contributed by atoms with van der Waals surface area (Å²) in [7, 11) is 0. The summed E-state index contributed by atoms with van der Waals surface area (Å²) >= 11 is 5.86. The smallest absolute Gasteiger partial charge is 0.223 e. The van der Waals surface area contributed by atoms with Gasteiger partial charge in [0.15, 0.2) is 0 Å². The van der Waals surface area contributed by atoms with Crippen molar-refractivity contribution in [2.45, 2.75) is 38.5 Å². The Kier molecular flexibility index (Phi) is 4.65. The normalized spacial score (nSPS) is 17.7. The Balaban J connectivity index is 1.82. The average molecular weight is 266 g/mol. The third kappa shape index (κ3) is 3.49. The minimum Gasteiger partial charge on any atom is -0.355 e. The molecule has 1 aliphatic carbocycles. The summed E-state index contributed by atoms with van der Waals surface area (Å²) in [4.78, 5) is 11.9. The molecule has 0 aromatic heterocycles. The molecule has 0 aliphatic heterocycles. The van der Waals surface area contributed by atoms with Gasteiger partial charge in [0.05, 0.1) is 0 Å². The minimum absolute atomic E-state index is 0.230. The first-order valence-corrected chi connectivity index (χ1v) is 7.08. The molecule has 0 saturated heterocycles. The maximum Gasteiger partial charge on any atom is 0.223 e. The summed E-state index contributed by atoms with van der Waals surface area (Å²) < 4.78 is 0. The van der Waals surface area contributed by atoms with E-state index in [0.717, 1.165) is 17.9 Å². The van der Waals surface area contributed by atoms with Gasteiger partial charge in [-0.3, -0.25) is 4.79 Å². The molecular weight excluding hydrogens is 246 g/mol.